The molecule has 8 heteroatoms. The average Bonchev–Trinajstić information content (AvgIpc) is 3.05. The number of hydrogen-bond donors (Lipinski definition) is 3. The summed E-state index contributed by atoms with van der Waals surface area (Å²) in [6, 6.07) is 12.0. The third-order valence-electron chi connectivity index (χ3n) is 4.45. The smallest absolute Gasteiger partial charge is 0.417 e. The van der Waals surface area contributed by atoms with E-state index in [2.05, 4.69) is 15.3 Å². The lowest BCUT2D eigenvalue weighted by molar-refractivity contribution is -0.116. The van der Waals surface area contributed by atoms with Crippen molar-refractivity contribution in [1.82, 2.24) is 9.97 Å². The molecule has 0 unspecified atom stereocenters. The maximum Gasteiger partial charge on any atom is 0.417 e. The lowest BCUT2D eigenvalue weighted by Crippen LogP contribution is -2.17. The maximum absolute atomic E-state index is 12.3. The number of carbonyl (C=O) groups is 1. The Hall–Kier alpha value is -3.81. The van der Waals surface area contributed by atoms with Crippen molar-refractivity contribution in [3.8, 4) is 5.75 Å². The Morgan fingerprint density at radius 3 is 2.71 bits per heavy atom. The van der Waals surface area contributed by atoms with Gasteiger partial charge in [-0.3, -0.25) is 14.6 Å². The van der Waals surface area contributed by atoms with E-state index in [0.29, 0.717) is 33.6 Å². The summed E-state index contributed by atoms with van der Waals surface area (Å²) in [6.45, 7) is 0. The van der Waals surface area contributed by atoms with Gasteiger partial charge in [0.15, 0.2) is 5.58 Å². The van der Waals surface area contributed by atoms with Gasteiger partial charge < -0.3 is 19.5 Å². The van der Waals surface area contributed by atoms with E-state index in [1.807, 2.05) is 6.07 Å². The lowest BCUT2D eigenvalue weighted by Gasteiger charge is -2.07. The molecule has 2 heterocycles. The van der Waals surface area contributed by atoms with Crippen LogP contribution in [-0.4, -0.2) is 23.0 Å². The van der Waals surface area contributed by atoms with E-state index >= 15 is 0 Å². The van der Waals surface area contributed by atoms with Gasteiger partial charge in [0.05, 0.1) is 12.6 Å². The number of carbonyl (C=O) groups excluding carboxylic acids is 1. The number of nitrogens with one attached hydrogen (secondary N) is 3. The van der Waals surface area contributed by atoms with Gasteiger partial charge >= 0.3 is 5.76 Å². The largest absolute Gasteiger partial charge is 0.497 e. The van der Waals surface area contributed by atoms with Crippen LogP contribution >= 0.6 is 0 Å². The molecule has 0 bridgehead atoms. The number of aromatic amines is 2. The molecule has 2 aromatic heterocycles. The van der Waals surface area contributed by atoms with E-state index in [-0.39, 0.29) is 24.3 Å². The quantitative estimate of drug-likeness (QED) is 0.493. The summed E-state index contributed by atoms with van der Waals surface area (Å²) in [4.78, 5) is 41.0. The van der Waals surface area contributed by atoms with Gasteiger partial charge in [-0.25, -0.2) is 4.79 Å². The Bertz CT molecular complexity index is 1300. The van der Waals surface area contributed by atoms with E-state index in [4.69, 9.17) is 9.15 Å². The fourth-order valence-electron chi connectivity index (χ4n) is 3.04. The summed E-state index contributed by atoms with van der Waals surface area (Å²) in [5.74, 6) is -0.108. The summed E-state index contributed by atoms with van der Waals surface area (Å²) in [5, 5.41) is 3.58. The van der Waals surface area contributed by atoms with Crippen molar-refractivity contribution < 1.29 is 13.9 Å². The van der Waals surface area contributed by atoms with Crippen molar-refractivity contribution in [3.63, 3.8) is 0 Å². The van der Waals surface area contributed by atoms with Crippen LogP contribution in [0, 0.1) is 0 Å². The number of fused-ring (bicyclic) bond motifs is 2. The number of pyridine rings is 1. The highest BCUT2D eigenvalue weighted by atomic mass is 16.5. The Morgan fingerprint density at radius 2 is 1.89 bits per heavy atom. The molecule has 28 heavy (non-hydrogen) atoms. The van der Waals surface area contributed by atoms with Crippen LogP contribution in [-0.2, 0) is 11.2 Å². The van der Waals surface area contributed by atoms with Gasteiger partial charge in [-0.1, -0.05) is 0 Å². The second kappa shape index (κ2) is 7.07. The molecule has 0 aliphatic rings. The molecule has 0 saturated heterocycles. The molecule has 1 amide bonds. The molecule has 2 aromatic carbocycles. The van der Waals surface area contributed by atoms with Gasteiger partial charge in [0.25, 0.3) is 5.56 Å². The lowest BCUT2D eigenvalue weighted by atomic mass is 10.1. The van der Waals surface area contributed by atoms with Gasteiger partial charge in [-0.15, -0.1) is 0 Å². The van der Waals surface area contributed by atoms with E-state index < -0.39 is 5.76 Å². The van der Waals surface area contributed by atoms with Crippen molar-refractivity contribution in [3.05, 3.63) is 68.9 Å². The van der Waals surface area contributed by atoms with Crippen LogP contribution in [0.25, 0.3) is 22.0 Å². The normalized spacial score (nSPS) is 11.0. The van der Waals surface area contributed by atoms with E-state index in [1.165, 1.54) is 0 Å². The summed E-state index contributed by atoms with van der Waals surface area (Å²) < 4.78 is 10.2. The molecule has 4 rings (SSSR count). The van der Waals surface area contributed by atoms with Crippen molar-refractivity contribution in [1.29, 1.82) is 0 Å². The number of H-pyrrole nitrogens is 2. The SMILES string of the molecule is COc1ccc2[nH]c(=O)c(CCC(=O)Nc3ccc4[nH]c(=O)oc4c3)cc2c1. The molecule has 0 spiro atoms. The number of aryl methyl sites for hydroxylation is 1. The number of amides is 1. The van der Waals surface area contributed by atoms with Crippen LogP contribution in [0.3, 0.4) is 0 Å². The van der Waals surface area contributed by atoms with Crippen LogP contribution in [0.1, 0.15) is 12.0 Å². The third-order valence-corrected chi connectivity index (χ3v) is 4.45. The predicted octanol–water partition coefficient (Wildman–Crippen LogP) is 2.54. The molecule has 0 radical (unpaired) electrons. The van der Waals surface area contributed by atoms with Crippen LogP contribution in [0.4, 0.5) is 5.69 Å². The topological polar surface area (TPSA) is 117 Å². The molecule has 142 valence electrons. The number of oxazole rings is 1. The minimum atomic E-state index is -0.550. The molecule has 0 aliphatic carbocycles. The van der Waals surface area contributed by atoms with Crippen LogP contribution in [0.5, 0.6) is 5.75 Å². The number of rotatable bonds is 5. The van der Waals surface area contributed by atoms with E-state index in [9.17, 15) is 14.4 Å². The number of benzene rings is 2. The van der Waals surface area contributed by atoms with Crippen LogP contribution < -0.4 is 21.4 Å². The first kappa shape index (κ1) is 17.6. The Morgan fingerprint density at radius 1 is 1.07 bits per heavy atom. The second-order valence-corrected chi connectivity index (χ2v) is 6.35. The molecular formula is C20H17N3O5. The third kappa shape index (κ3) is 3.52. The molecule has 3 N–H and O–H groups in total. The Kier molecular flexibility index (Phi) is 4.44. The predicted molar refractivity (Wildman–Crippen MR) is 105 cm³/mol. The van der Waals surface area contributed by atoms with Gasteiger partial charge in [0.1, 0.15) is 5.75 Å². The molecule has 4 aromatic rings. The summed E-state index contributed by atoms with van der Waals surface area (Å²) >= 11 is 0. The zero-order valence-electron chi connectivity index (χ0n) is 15.0. The number of aromatic nitrogens is 2. The van der Waals surface area contributed by atoms with Crippen molar-refractivity contribution >= 4 is 33.6 Å². The number of ether oxygens (including phenoxy) is 1. The van der Waals surface area contributed by atoms with Crippen molar-refractivity contribution in [2.45, 2.75) is 12.8 Å². The standard InChI is InChI=1S/C20H17N3O5/c1-27-14-4-6-15-12(9-14)8-11(19(25)22-15)2-7-18(24)21-13-3-5-16-17(10-13)28-20(26)23-16/h3-6,8-10H,2,7H2,1H3,(H,21,24)(H,22,25)(H,23,26). The van der Waals surface area contributed by atoms with Gasteiger partial charge in [-0.05, 0) is 42.8 Å². The van der Waals surface area contributed by atoms with Crippen LogP contribution in [0.15, 0.2) is 56.5 Å². The Balaban J connectivity index is 1.48. The highest BCUT2D eigenvalue weighted by molar-refractivity contribution is 5.92. The average molecular weight is 379 g/mol. The van der Waals surface area contributed by atoms with Gasteiger partial charge in [0.2, 0.25) is 5.91 Å². The summed E-state index contributed by atoms with van der Waals surface area (Å²) in [6.07, 6.45) is 0.420. The first-order valence-electron chi connectivity index (χ1n) is 8.64. The second-order valence-electron chi connectivity index (χ2n) is 6.35. The summed E-state index contributed by atoms with van der Waals surface area (Å²) in [7, 11) is 1.58. The maximum atomic E-state index is 12.3. The molecule has 0 fully saturated rings. The van der Waals surface area contributed by atoms with Gasteiger partial charge in [-0.2, -0.15) is 0 Å². The summed E-state index contributed by atoms with van der Waals surface area (Å²) in [5.41, 5.74) is 2.44. The molecule has 0 saturated carbocycles. The van der Waals surface area contributed by atoms with E-state index in [0.717, 1.165) is 5.39 Å². The van der Waals surface area contributed by atoms with Gasteiger partial charge in [0, 0.05) is 34.6 Å². The zero-order valence-corrected chi connectivity index (χ0v) is 15.0. The molecule has 0 atom stereocenters. The Labute approximate surface area is 158 Å². The fraction of sp³-hybridized carbons (Fsp3) is 0.150. The highest BCUT2D eigenvalue weighted by Gasteiger charge is 2.09. The number of methoxy groups -OCH3 is 1. The molecule has 8 nitrogen and oxygen atoms in total. The first-order chi connectivity index (χ1) is 13.5. The fourth-order valence-corrected chi connectivity index (χ4v) is 3.04. The highest BCUT2D eigenvalue weighted by Crippen LogP contribution is 2.20. The molecule has 0 aliphatic heterocycles. The minimum absolute atomic E-state index is 0.133. The van der Waals surface area contributed by atoms with Crippen LogP contribution in [0.2, 0.25) is 0 Å². The number of anilines is 1. The van der Waals surface area contributed by atoms with E-state index in [1.54, 1.807) is 43.5 Å². The first-order valence-corrected chi connectivity index (χ1v) is 8.64. The molecular weight excluding hydrogens is 362 g/mol. The zero-order chi connectivity index (χ0) is 19.7. The van der Waals surface area contributed by atoms with Crippen molar-refractivity contribution in [2.75, 3.05) is 12.4 Å². The number of hydrogen-bond acceptors (Lipinski definition) is 5. The van der Waals surface area contributed by atoms with Crippen molar-refractivity contribution in [2.24, 2.45) is 0 Å². The monoisotopic (exact) mass is 379 g/mol. The minimum Gasteiger partial charge on any atom is -0.497 e.